The van der Waals surface area contributed by atoms with E-state index in [1.54, 1.807) is 24.0 Å². The van der Waals surface area contributed by atoms with E-state index in [4.69, 9.17) is 4.74 Å². The number of anilines is 1. The second kappa shape index (κ2) is 8.45. The van der Waals surface area contributed by atoms with E-state index in [9.17, 15) is 9.59 Å². The van der Waals surface area contributed by atoms with E-state index in [-0.39, 0.29) is 17.2 Å². The SMILES string of the molecule is Cn1nccc1C(=O)NC1(C(=O)Nc2ccc(C3=CCOCC3)cc2)C[C@]12CC[C@@H](C)CC2. The summed E-state index contributed by atoms with van der Waals surface area (Å²) in [5.41, 5.74) is 2.59. The van der Waals surface area contributed by atoms with E-state index in [0.29, 0.717) is 24.6 Å². The highest BCUT2D eigenvalue weighted by Crippen LogP contribution is 2.65. The predicted octanol–water partition coefficient (Wildman–Crippen LogP) is 3.93. The summed E-state index contributed by atoms with van der Waals surface area (Å²) in [5, 5.41) is 10.3. The van der Waals surface area contributed by atoms with Crippen LogP contribution in [0.4, 0.5) is 5.69 Å². The molecule has 7 heteroatoms. The Morgan fingerprint density at radius 1 is 1.15 bits per heavy atom. The lowest BCUT2D eigenvalue weighted by Gasteiger charge is -2.32. The van der Waals surface area contributed by atoms with E-state index in [1.165, 1.54) is 5.57 Å². The maximum atomic E-state index is 13.7. The van der Waals surface area contributed by atoms with Crippen LogP contribution in [0.3, 0.4) is 0 Å². The quantitative estimate of drug-likeness (QED) is 0.726. The summed E-state index contributed by atoms with van der Waals surface area (Å²) in [6, 6.07) is 9.65. The van der Waals surface area contributed by atoms with Crippen molar-refractivity contribution in [1.82, 2.24) is 15.1 Å². The summed E-state index contributed by atoms with van der Waals surface area (Å²) in [6.45, 7) is 3.65. The summed E-state index contributed by atoms with van der Waals surface area (Å²) in [6.07, 6.45) is 9.39. The number of ether oxygens (including phenoxy) is 1. The summed E-state index contributed by atoms with van der Waals surface area (Å²) in [5.74, 6) is 0.296. The highest BCUT2D eigenvalue weighted by Gasteiger charge is 2.72. The van der Waals surface area contributed by atoms with Crippen LogP contribution in [0.5, 0.6) is 0 Å². The Morgan fingerprint density at radius 3 is 2.55 bits per heavy atom. The first-order valence-electron chi connectivity index (χ1n) is 11.9. The minimum atomic E-state index is -0.879. The van der Waals surface area contributed by atoms with Crippen molar-refractivity contribution < 1.29 is 14.3 Å². The second-order valence-electron chi connectivity index (χ2n) is 9.92. The number of rotatable bonds is 5. The van der Waals surface area contributed by atoms with E-state index in [1.807, 2.05) is 24.3 Å². The fraction of sp³-hybridized carbons (Fsp3) is 0.500. The van der Waals surface area contributed by atoms with Gasteiger partial charge in [-0.2, -0.15) is 5.10 Å². The second-order valence-corrected chi connectivity index (χ2v) is 9.92. The van der Waals surface area contributed by atoms with Crippen molar-refractivity contribution in [2.45, 2.75) is 51.0 Å². The fourth-order valence-electron chi connectivity index (χ4n) is 5.59. The van der Waals surface area contributed by atoms with Crippen LogP contribution in [0.15, 0.2) is 42.6 Å². The summed E-state index contributed by atoms with van der Waals surface area (Å²) in [4.78, 5) is 26.7. The van der Waals surface area contributed by atoms with Gasteiger partial charge in [0.1, 0.15) is 11.2 Å². The largest absolute Gasteiger partial charge is 0.377 e. The molecule has 0 saturated heterocycles. The topological polar surface area (TPSA) is 85.2 Å². The van der Waals surface area contributed by atoms with Crippen molar-refractivity contribution in [2.24, 2.45) is 18.4 Å². The number of carbonyl (C=O) groups excluding carboxylic acids is 2. The standard InChI is InChI=1S/C26H32N4O3/c1-18-7-12-25(13-8-18)17-26(25,29-23(31)22-9-14-27-30(22)2)24(32)28-21-5-3-19(4-6-21)20-10-15-33-16-11-20/h3-6,9-10,14,18H,7-8,11-13,15-17H2,1-2H3,(H,28,32)(H,29,31)/t18-,25-,26?. The van der Waals surface area contributed by atoms with E-state index in [0.717, 1.165) is 50.0 Å². The van der Waals surface area contributed by atoms with Gasteiger partial charge in [-0.1, -0.05) is 38.0 Å². The Labute approximate surface area is 194 Å². The third-order valence-electron chi connectivity index (χ3n) is 7.86. The maximum Gasteiger partial charge on any atom is 0.270 e. The number of hydrogen-bond acceptors (Lipinski definition) is 4. The normalized spacial score (nSPS) is 28.8. The molecule has 1 aromatic heterocycles. The minimum Gasteiger partial charge on any atom is -0.377 e. The molecule has 174 valence electrons. The van der Waals surface area contributed by atoms with Gasteiger partial charge < -0.3 is 15.4 Å². The molecule has 2 heterocycles. The lowest BCUT2D eigenvalue weighted by Crippen LogP contribution is -2.51. The smallest absolute Gasteiger partial charge is 0.270 e. The van der Waals surface area contributed by atoms with Gasteiger partial charge in [0.15, 0.2) is 0 Å². The number of hydrogen-bond donors (Lipinski definition) is 2. The van der Waals surface area contributed by atoms with Crippen LogP contribution in [0.25, 0.3) is 5.57 Å². The molecule has 7 nitrogen and oxygen atoms in total. The van der Waals surface area contributed by atoms with Crippen LogP contribution in [0.2, 0.25) is 0 Å². The van der Waals surface area contributed by atoms with Crippen molar-refractivity contribution in [1.29, 1.82) is 0 Å². The van der Waals surface area contributed by atoms with Gasteiger partial charge in [0.25, 0.3) is 11.8 Å². The van der Waals surface area contributed by atoms with Crippen LogP contribution in [-0.4, -0.2) is 40.3 Å². The molecule has 2 fully saturated rings. The molecule has 3 aliphatic rings. The number of aryl methyl sites for hydroxylation is 1. The van der Waals surface area contributed by atoms with Crippen molar-refractivity contribution in [3.8, 4) is 0 Å². The number of carbonyl (C=O) groups is 2. The zero-order valence-electron chi connectivity index (χ0n) is 19.4. The predicted molar refractivity (Wildman–Crippen MR) is 127 cm³/mol. The highest BCUT2D eigenvalue weighted by atomic mass is 16.5. The lowest BCUT2D eigenvalue weighted by molar-refractivity contribution is -0.120. The summed E-state index contributed by atoms with van der Waals surface area (Å²) in [7, 11) is 1.74. The number of nitrogens with one attached hydrogen (secondary N) is 2. The van der Waals surface area contributed by atoms with Crippen LogP contribution >= 0.6 is 0 Å². The Morgan fingerprint density at radius 2 is 1.91 bits per heavy atom. The van der Waals surface area contributed by atoms with E-state index in [2.05, 4.69) is 28.7 Å². The van der Waals surface area contributed by atoms with Crippen molar-refractivity contribution in [3.05, 3.63) is 53.9 Å². The first kappa shape index (κ1) is 21.9. The fourth-order valence-corrected chi connectivity index (χ4v) is 5.59. The average Bonchev–Trinajstić information content (AvgIpc) is 3.22. The number of benzene rings is 1. The molecule has 0 bridgehead atoms. The molecule has 1 spiro atoms. The van der Waals surface area contributed by atoms with Crippen molar-refractivity contribution >= 4 is 23.1 Å². The van der Waals surface area contributed by atoms with Gasteiger partial charge in [0.2, 0.25) is 0 Å². The Balaban J connectivity index is 1.35. The molecule has 1 aromatic carbocycles. The molecule has 2 aromatic rings. The molecule has 2 amide bonds. The van der Waals surface area contributed by atoms with Gasteiger partial charge >= 0.3 is 0 Å². The van der Waals surface area contributed by atoms with Gasteiger partial charge in [-0.05, 0) is 60.9 Å². The van der Waals surface area contributed by atoms with Gasteiger partial charge in [-0.3, -0.25) is 14.3 Å². The zero-order chi connectivity index (χ0) is 23.1. The van der Waals surface area contributed by atoms with Gasteiger partial charge in [-0.25, -0.2) is 0 Å². The Kier molecular flexibility index (Phi) is 5.60. The zero-order valence-corrected chi connectivity index (χ0v) is 19.4. The number of nitrogens with zero attached hydrogens (tertiary/aromatic N) is 2. The molecular formula is C26H32N4O3. The van der Waals surface area contributed by atoms with Gasteiger partial charge in [0.05, 0.1) is 13.2 Å². The molecular weight excluding hydrogens is 416 g/mol. The molecule has 0 radical (unpaired) electrons. The lowest BCUT2D eigenvalue weighted by atomic mass is 9.77. The molecule has 1 unspecified atom stereocenters. The summed E-state index contributed by atoms with van der Waals surface area (Å²) < 4.78 is 6.94. The van der Waals surface area contributed by atoms with Crippen LogP contribution in [-0.2, 0) is 16.6 Å². The first-order chi connectivity index (χ1) is 15.9. The number of aromatic nitrogens is 2. The van der Waals surface area contributed by atoms with Crippen LogP contribution < -0.4 is 10.6 Å². The minimum absolute atomic E-state index is 0.120. The Hall–Kier alpha value is -2.93. The van der Waals surface area contributed by atoms with Crippen molar-refractivity contribution in [3.63, 3.8) is 0 Å². The molecule has 2 N–H and O–H groups in total. The first-order valence-corrected chi connectivity index (χ1v) is 11.9. The highest BCUT2D eigenvalue weighted by molar-refractivity contribution is 6.06. The van der Waals surface area contributed by atoms with Crippen LogP contribution in [0, 0.1) is 11.3 Å². The number of amides is 2. The molecule has 2 saturated carbocycles. The molecule has 1 atom stereocenters. The summed E-state index contributed by atoms with van der Waals surface area (Å²) >= 11 is 0. The molecule has 2 aliphatic carbocycles. The van der Waals surface area contributed by atoms with Crippen molar-refractivity contribution in [2.75, 3.05) is 18.5 Å². The van der Waals surface area contributed by atoms with Gasteiger partial charge in [0, 0.05) is 24.3 Å². The molecule has 1 aliphatic heterocycles. The molecule has 5 rings (SSSR count). The monoisotopic (exact) mass is 448 g/mol. The van der Waals surface area contributed by atoms with E-state index < -0.39 is 5.54 Å². The Bertz CT molecular complexity index is 1080. The maximum absolute atomic E-state index is 13.7. The van der Waals surface area contributed by atoms with Gasteiger partial charge in [-0.15, -0.1) is 0 Å². The third-order valence-corrected chi connectivity index (χ3v) is 7.86. The van der Waals surface area contributed by atoms with Crippen LogP contribution in [0.1, 0.15) is 61.5 Å². The molecule has 33 heavy (non-hydrogen) atoms. The third kappa shape index (κ3) is 3.99. The van der Waals surface area contributed by atoms with E-state index >= 15 is 0 Å². The average molecular weight is 449 g/mol.